The van der Waals surface area contributed by atoms with Gasteiger partial charge in [-0.1, -0.05) is 0 Å². The molecule has 0 spiro atoms. The van der Waals surface area contributed by atoms with Crippen LogP contribution in [0.15, 0.2) is 12.5 Å². The van der Waals surface area contributed by atoms with Crippen molar-refractivity contribution in [3.8, 4) is 0 Å². The van der Waals surface area contributed by atoms with Crippen molar-refractivity contribution < 1.29 is 4.79 Å². The summed E-state index contributed by atoms with van der Waals surface area (Å²) >= 11 is 0. The second-order valence-electron chi connectivity index (χ2n) is 3.13. The summed E-state index contributed by atoms with van der Waals surface area (Å²) in [6, 6.07) is 0. The van der Waals surface area contributed by atoms with Gasteiger partial charge in [-0.15, -0.1) is 0 Å². The van der Waals surface area contributed by atoms with E-state index in [0.717, 1.165) is 13.0 Å². The van der Waals surface area contributed by atoms with Crippen molar-refractivity contribution in [2.24, 2.45) is 0 Å². The van der Waals surface area contributed by atoms with E-state index in [1.807, 2.05) is 4.57 Å². The highest BCUT2D eigenvalue weighted by Gasteiger charge is 2.02. The van der Waals surface area contributed by atoms with Gasteiger partial charge in [-0.3, -0.25) is 4.79 Å². The molecule has 71 valence electrons. The van der Waals surface area contributed by atoms with Gasteiger partial charge in [0.15, 0.2) is 0 Å². The molecule has 4 nitrogen and oxygen atoms in total. The summed E-state index contributed by atoms with van der Waals surface area (Å²) in [5.74, 6) is 0.170. The maximum Gasteiger partial charge on any atom is 0.222 e. The zero-order chi connectivity index (χ0) is 9.68. The van der Waals surface area contributed by atoms with Gasteiger partial charge in [-0.05, 0) is 6.42 Å². The van der Waals surface area contributed by atoms with E-state index in [0.29, 0.717) is 6.42 Å². The number of carbonyl (C=O) groups excluding carboxylic acids is 1. The molecule has 0 aliphatic heterocycles. The van der Waals surface area contributed by atoms with Gasteiger partial charge in [0.2, 0.25) is 5.91 Å². The van der Waals surface area contributed by atoms with Gasteiger partial charge < -0.3 is 9.47 Å². The minimum atomic E-state index is 0.170. The van der Waals surface area contributed by atoms with Gasteiger partial charge in [-0.25, -0.2) is 4.98 Å². The van der Waals surface area contributed by atoms with Gasteiger partial charge in [0, 0.05) is 33.3 Å². The standard InChI is InChI=1S/C9H14N3O/c1-11(2)9(13)4-3-6-12-7-5-10-8-12/h7-8H,3-4,6H2,1-2H3. The maximum absolute atomic E-state index is 11.2. The molecule has 0 aromatic carbocycles. The van der Waals surface area contributed by atoms with E-state index in [-0.39, 0.29) is 5.91 Å². The third kappa shape index (κ3) is 3.27. The number of imidazole rings is 1. The molecule has 1 aromatic heterocycles. The Bertz CT molecular complexity index is 254. The van der Waals surface area contributed by atoms with E-state index >= 15 is 0 Å². The molecule has 0 atom stereocenters. The molecule has 1 heterocycles. The number of hydrogen-bond acceptors (Lipinski definition) is 2. The fourth-order valence-corrected chi connectivity index (χ4v) is 1.01. The molecule has 1 aromatic rings. The van der Waals surface area contributed by atoms with Crippen LogP contribution in [-0.4, -0.2) is 34.5 Å². The highest BCUT2D eigenvalue weighted by Crippen LogP contribution is 1.97. The topological polar surface area (TPSA) is 38.1 Å². The van der Waals surface area contributed by atoms with Crippen LogP contribution in [0.3, 0.4) is 0 Å². The minimum absolute atomic E-state index is 0.170. The predicted molar refractivity (Wildman–Crippen MR) is 49.0 cm³/mol. The lowest BCUT2D eigenvalue weighted by Gasteiger charge is -2.09. The smallest absolute Gasteiger partial charge is 0.222 e. The first-order valence-corrected chi connectivity index (χ1v) is 4.28. The van der Waals surface area contributed by atoms with Crippen molar-refractivity contribution in [2.45, 2.75) is 19.4 Å². The molecule has 1 rings (SSSR count). The Morgan fingerprint density at radius 1 is 1.62 bits per heavy atom. The van der Waals surface area contributed by atoms with Gasteiger partial charge in [0.25, 0.3) is 0 Å². The number of aryl methyl sites for hydroxylation is 1. The third-order valence-corrected chi connectivity index (χ3v) is 1.81. The highest BCUT2D eigenvalue weighted by molar-refractivity contribution is 5.75. The van der Waals surface area contributed by atoms with Crippen LogP contribution in [0.5, 0.6) is 0 Å². The molecule has 0 aliphatic carbocycles. The van der Waals surface area contributed by atoms with Crippen molar-refractivity contribution in [2.75, 3.05) is 14.1 Å². The van der Waals surface area contributed by atoms with Crippen molar-refractivity contribution in [3.05, 3.63) is 18.7 Å². The van der Waals surface area contributed by atoms with E-state index < -0.39 is 0 Å². The average Bonchev–Trinajstić information content (AvgIpc) is 2.56. The lowest BCUT2D eigenvalue weighted by molar-refractivity contribution is -0.128. The van der Waals surface area contributed by atoms with Crippen LogP contribution in [-0.2, 0) is 11.3 Å². The summed E-state index contributed by atoms with van der Waals surface area (Å²) in [4.78, 5) is 16.6. The molecule has 0 aliphatic rings. The first-order valence-electron chi connectivity index (χ1n) is 4.28. The minimum Gasteiger partial charge on any atom is -0.349 e. The Labute approximate surface area is 78.2 Å². The lowest BCUT2D eigenvalue weighted by Crippen LogP contribution is -2.21. The molecule has 0 N–H and O–H groups in total. The number of nitrogens with zero attached hydrogens (tertiary/aromatic N) is 3. The molecule has 1 amide bonds. The van der Waals surface area contributed by atoms with E-state index in [2.05, 4.69) is 11.2 Å². The molecule has 0 unspecified atom stereocenters. The first-order chi connectivity index (χ1) is 6.20. The predicted octanol–water partition coefficient (Wildman–Crippen LogP) is 0.552. The van der Waals surface area contributed by atoms with E-state index in [1.165, 1.54) is 0 Å². The second kappa shape index (κ2) is 4.64. The second-order valence-corrected chi connectivity index (χ2v) is 3.13. The summed E-state index contributed by atoms with van der Waals surface area (Å²) in [7, 11) is 3.54. The molecule has 0 bridgehead atoms. The van der Waals surface area contributed by atoms with Gasteiger partial charge >= 0.3 is 0 Å². The van der Waals surface area contributed by atoms with Crippen LogP contribution in [0, 0.1) is 6.20 Å². The van der Waals surface area contributed by atoms with Gasteiger partial charge in [0.1, 0.15) is 6.20 Å². The van der Waals surface area contributed by atoms with Gasteiger partial charge in [-0.2, -0.15) is 0 Å². The number of amides is 1. The monoisotopic (exact) mass is 180 g/mol. The number of hydrogen-bond donors (Lipinski definition) is 0. The first kappa shape index (κ1) is 9.77. The molecule has 1 radical (unpaired) electrons. The molecule has 0 saturated carbocycles. The maximum atomic E-state index is 11.2. The number of rotatable bonds is 4. The van der Waals surface area contributed by atoms with Crippen LogP contribution < -0.4 is 0 Å². The number of carbonyl (C=O) groups is 1. The molecule has 0 fully saturated rings. The Morgan fingerprint density at radius 3 is 2.92 bits per heavy atom. The molecular weight excluding hydrogens is 166 g/mol. The fraction of sp³-hybridized carbons (Fsp3) is 0.556. The quantitative estimate of drug-likeness (QED) is 0.678. The van der Waals surface area contributed by atoms with Crippen molar-refractivity contribution in [3.63, 3.8) is 0 Å². The van der Waals surface area contributed by atoms with E-state index in [4.69, 9.17) is 0 Å². The lowest BCUT2D eigenvalue weighted by atomic mass is 10.3. The summed E-state index contributed by atoms with van der Waals surface area (Å²) in [5, 5.41) is 0. The molecule has 0 saturated heterocycles. The fourth-order valence-electron chi connectivity index (χ4n) is 1.01. The van der Waals surface area contributed by atoms with Crippen molar-refractivity contribution in [1.82, 2.24) is 14.5 Å². The summed E-state index contributed by atoms with van der Waals surface area (Å²) in [5.41, 5.74) is 0. The zero-order valence-corrected chi connectivity index (χ0v) is 8.03. The molecule has 13 heavy (non-hydrogen) atoms. The Kier molecular flexibility index (Phi) is 3.49. The largest absolute Gasteiger partial charge is 0.349 e. The summed E-state index contributed by atoms with van der Waals surface area (Å²) in [6.45, 7) is 0.829. The molecular formula is C9H14N3O. The van der Waals surface area contributed by atoms with Crippen molar-refractivity contribution in [1.29, 1.82) is 0 Å². The van der Waals surface area contributed by atoms with Crippen molar-refractivity contribution >= 4 is 5.91 Å². The Hall–Kier alpha value is -1.32. The SMILES string of the molecule is CN(C)C(=O)CCCn1c[c]nc1. The third-order valence-electron chi connectivity index (χ3n) is 1.81. The van der Waals surface area contributed by atoms with Crippen LogP contribution in [0.25, 0.3) is 0 Å². The summed E-state index contributed by atoms with van der Waals surface area (Å²) < 4.78 is 1.92. The summed E-state index contributed by atoms with van der Waals surface area (Å²) in [6.07, 6.45) is 7.63. The Balaban J connectivity index is 2.18. The Morgan fingerprint density at radius 2 is 2.38 bits per heavy atom. The van der Waals surface area contributed by atoms with Crippen LogP contribution >= 0.6 is 0 Å². The van der Waals surface area contributed by atoms with E-state index in [1.54, 1.807) is 31.5 Å². The molecule has 4 heteroatoms. The highest BCUT2D eigenvalue weighted by atomic mass is 16.2. The van der Waals surface area contributed by atoms with Crippen LogP contribution in [0.4, 0.5) is 0 Å². The average molecular weight is 180 g/mol. The van der Waals surface area contributed by atoms with Crippen LogP contribution in [0.1, 0.15) is 12.8 Å². The van der Waals surface area contributed by atoms with Crippen LogP contribution in [0.2, 0.25) is 0 Å². The zero-order valence-electron chi connectivity index (χ0n) is 8.03. The number of aromatic nitrogens is 2. The van der Waals surface area contributed by atoms with E-state index in [9.17, 15) is 4.79 Å². The normalized spacial score (nSPS) is 10.0. The van der Waals surface area contributed by atoms with Gasteiger partial charge in [0.05, 0.1) is 6.33 Å².